The molecule has 3 aromatic heterocycles. The summed E-state index contributed by atoms with van der Waals surface area (Å²) in [5.74, 6) is 0.359. The van der Waals surface area contributed by atoms with Gasteiger partial charge in [-0.15, -0.1) is 0 Å². The third-order valence-corrected chi connectivity index (χ3v) is 3.37. The molecule has 5 heteroatoms. The fourth-order valence-corrected chi connectivity index (χ4v) is 2.29. The van der Waals surface area contributed by atoms with Crippen LogP contribution in [0.5, 0.6) is 0 Å². The fourth-order valence-electron chi connectivity index (χ4n) is 2.29. The standard InChI is InChI=1S/C16H18N4O.2H2/c1-10(2)8-20-16(21)14-7-11(9-19-14)12-3-5-17-15-13(12)4-6-18-15;;/h3-7,9-10,19H,8H2,1-2H3,(H,17,18)(H,20,21);2*1H. The Bertz CT molecular complexity index is 779. The maximum atomic E-state index is 12.0. The van der Waals surface area contributed by atoms with Gasteiger partial charge in [-0.05, 0) is 29.7 Å². The van der Waals surface area contributed by atoms with Crippen LogP contribution in [0.15, 0.2) is 36.8 Å². The summed E-state index contributed by atoms with van der Waals surface area (Å²) in [5.41, 5.74) is 3.46. The Labute approximate surface area is 125 Å². The van der Waals surface area contributed by atoms with E-state index >= 15 is 0 Å². The van der Waals surface area contributed by atoms with E-state index < -0.39 is 0 Å². The molecule has 0 fully saturated rings. The average Bonchev–Trinajstić information content (AvgIpc) is 3.12. The number of carbonyl (C=O) groups is 1. The van der Waals surface area contributed by atoms with Crippen molar-refractivity contribution in [3.63, 3.8) is 0 Å². The van der Waals surface area contributed by atoms with Gasteiger partial charge in [0.2, 0.25) is 0 Å². The summed E-state index contributed by atoms with van der Waals surface area (Å²) in [6.45, 7) is 4.81. The van der Waals surface area contributed by atoms with E-state index in [1.165, 1.54) is 0 Å². The maximum absolute atomic E-state index is 12.0. The number of pyridine rings is 1. The molecule has 0 atom stereocenters. The van der Waals surface area contributed by atoms with Gasteiger partial charge in [0.15, 0.2) is 0 Å². The zero-order chi connectivity index (χ0) is 14.8. The highest BCUT2D eigenvalue weighted by atomic mass is 16.1. The van der Waals surface area contributed by atoms with Crippen LogP contribution in [-0.4, -0.2) is 27.4 Å². The van der Waals surface area contributed by atoms with Gasteiger partial charge in [-0.25, -0.2) is 4.98 Å². The van der Waals surface area contributed by atoms with Crippen molar-refractivity contribution in [3.8, 4) is 11.1 Å². The number of carbonyl (C=O) groups excluding carboxylic acids is 1. The van der Waals surface area contributed by atoms with Gasteiger partial charge in [0, 0.05) is 38.9 Å². The second-order valence-corrected chi connectivity index (χ2v) is 5.50. The number of aromatic amines is 2. The topological polar surface area (TPSA) is 73.6 Å². The van der Waals surface area contributed by atoms with Crippen molar-refractivity contribution in [3.05, 3.63) is 42.5 Å². The fraction of sp³-hybridized carbons (Fsp3) is 0.250. The van der Waals surface area contributed by atoms with Crippen LogP contribution in [-0.2, 0) is 0 Å². The van der Waals surface area contributed by atoms with Crippen LogP contribution in [0.1, 0.15) is 27.2 Å². The largest absolute Gasteiger partial charge is 0.357 e. The molecule has 0 spiro atoms. The molecule has 0 saturated heterocycles. The van der Waals surface area contributed by atoms with Crippen molar-refractivity contribution in [2.75, 3.05) is 6.54 Å². The van der Waals surface area contributed by atoms with Crippen molar-refractivity contribution in [2.45, 2.75) is 13.8 Å². The second kappa shape index (κ2) is 5.44. The lowest BCUT2D eigenvalue weighted by Gasteiger charge is -2.05. The first-order valence-corrected chi connectivity index (χ1v) is 7.04. The summed E-state index contributed by atoms with van der Waals surface area (Å²) in [6, 6.07) is 5.82. The molecule has 112 valence electrons. The summed E-state index contributed by atoms with van der Waals surface area (Å²) in [7, 11) is 0. The Morgan fingerprint density at radius 1 is 1.38 bits per heavy atom. The number of amides is 1. The molecule has 0 aliphatic heterocycles. The first-order chi connectivity index (χ1) is 10.1. The summed E-state index contributed by atoms with van der Waals surface area (Å²) < 4.78 is 0. The molecule has 21 heavy (non-hydrogen) atoms. The number of hydrogen-bond donors (Lipinski definition) is 3. The zero-order valence-electron chi connectivity index (χ0n) is 12.1. The lowest BCUT2D eigenvalue weighted by molar-refractivity contribution is 0.0944. The Morgan fingerprint density at radius 3 is 3.05 bits per heavy atom. The van der Waals surface area contributed by atoms with E-state index in [1.54, 1.807) is 6.20 Å². The Balaban J connectivity index is 0.00000132. The zero-order valence-corrected chi connectivity index (χ0v) is 12.1. The maximum Gasteiger partial charge on any atom is 0.267 e. The van der Waals surface area contributed by atoms with Crippen LogP contribution < -0.4 is 5.32 Å². The van der Waals surface area contributed by atoms with E-state index in [1.807, 2.05) is 30.6 Å². The molecule has 0 unspecified atom stereocenters. The van der Waals surface area contributed by atoms with E-state index in [9.17, 15) is 4.79 Å². The Hall–Kier alpha value is -2.56. The quantitative estimate of drug-likeness (QED) is 0.687. The summed E-state index contributed by atoms with van der Waals surface area (Å²) in [5, 5.41) is 3.95. The summed E-state index contributed by atoms with van der Waals surface area (Å²) in [4.78, 5) is 22.5. The first-order valence-electron chi connectivity index (χ1n) is 7.04. The highest BCUT2D eigenvalue weighted by Gasteiger charge is 2.12. The minimum Gasteiger partial charge on any atom is -0.357 e. The van der Waals surface area contributed by atoms with Gasteiger partial charge in [0.05, 0.1) is 0 Å². The van der Waals surface area contributed by atoms with Crippen LogP contribution in [0.2, 0.25) is 0 Å². The summed E-state index contributed by atoms with van der Waals surface area (Å²) >= 11 is 0. The molecule has 0 aromatic carbocycles. The number of hydrogen-bond acceptors (Lipinski definition) is 2. The molecular weight excluding hydrogens is 264 g/mol. The van der Waals surface area contributed by atoms with Crippen molar-refractivity contribution >= 4 is 16.9 Å². The van der Waals surface area contributed by atoms with E-state index in [-0.39, 0.29) is 8.76 Å². The van der Waals surface area contributed by atoms with E-state index in [2.05, 4.69) is 34.1 Å². The van der Waals surface area contributed by atoms with Gasteiger partial charge in [0.1, 0.15) is 11.3 Å². The highest BCUT2D eigenvalue weighted by molar-refractivity contribution is 5.97. The van der Waals surface area contributed by atoms with Crippen molar-refractivity contribution in [2.24, 2.45) is 5.92 Å². The Morgan fingerprint density at radius 2 is 2.24 bits per heavy atom. The molecule has 0 saturated carbocycles. The Kier molecular flexibility index (Phi) is 3.48. The average molecular weight is 286 g/mol. The second-order valence-electron chi connectivity index (χ2n) is 5.50. The molecule has 0 bridgehead atoms. The molecule has 0 aliphatic carbocycles. The molecule has 0 aliphatic rings. The van der Waals surface area contributed by atoms with Crippen LogP contribution in [0, 0.1) is 5.92 Å². The lowest BCUT2D eigenvalue weighted by atomic mass is 10.1. The monoisotopic (exact) mass is 286 g/mol. The molecule has 5 nitrogen and oxygen atoms in total. The van der Waals surface area contributed by atoms with Gasteiger partial charge in [0.25, 0.3) is 5.91 Å². The predicted octanol–water partition coefficient (Wildman–Crippen LogP) is 3.44. The highest BCUT2D eigenvalue weighted by Crippen LogP contribution is 2.27. The van der Waals surface area contributed by atoms with Crippen LogP contribution in [0.3, 0.4) is 0 Å². The lowest BCUT2D eigenvalue weighted by Crippen LogP contribution is -2.27. The molecule has 3 rings (SSSR count). The number of aromatic nitrogens is 3. The molecule has 3 N–H and O–H groups in total. The predicted molar refractivity (Wildman–Crippen MR) is 87.3 cm³/mol. The molecule has 3 aromatic rings. The molecule has 3 heterocycles. The van der Waals surface area contributed by atoms with Crippen molar-refractivity contribution in [1.29, 1.82) is 0 Å². The number of H-pyrrole nitrogens is 2. The van der Waals surface area contributed by atoms with Gasteiger partial charge in [-0.1, -0.05) is 13.8 Å². The number of rotatable bonds is 4. The van der Waals surface area contributed by atoms with Gasteiger partial charge >= 0.3 is 0 Å². The number of nitrogens with zero attached hydrogens (tertiary/aromatic N) is 1. The van der Waals surface area contributed by atoms with E-state index in [0.29, 0.717) is 18.2 Å². The minimum atomic E-state index is -0.0747. The molecule has 1 amide bonds. The van der Waals surface area contributed by atoms with Crippen LogP contribution in [0.4, 0.5) is 0 Å². The normalized spacial score (nSPS) is 11.2. The van der Waals surface area contributed by atoms with Gasteiger partial charge in [-0.2, -0.15) is 0 Å². The SMILES string of the molecule is CC(C)CNC(=O)c1cc(-c2ccnc3[nH]ccc23)c[nH]1.[HH].[HH]. The first kappa shape index (κ1) is 13.4. The minimum absolute atomic E-state index is 0. The van der Waals surface area contributed by atoms with Crippen LogP contribution >= 0.6 is 0 Å². The molecular formula is C16H22N4O. The van der Waals surface area contributed by atoms with Gasteiger partial charge < -0.3 is 15.3 Å². The number of nitrogens with one attached hydrogen (secondary N) is 3. The van der Waals surface area contributed by atoms with E-state index in [4.69, 9.17) is 0 Å². The summed E-state index contributed by atoms with van der Waals surface area (Å²) in [6.07, 6.45) is 5.48. The third-order valence-electron chi connectivity index (χ3n) is 3.37. The third kappa shape index (κ3) is 2.67. The van der Waals surface area contributed by atoms with Crippen molar-refractivity contribution in [1.82, 2.24) is 20.3 Å². The smallest absolute Gasteiger partial charge is 0.267 e. The van der Waals surface area contributed by atoms with Gasteiger partial charge in [-0.3, -0.25) is 4.79 Å². The number of fused-ring (bicyclic) bond motifs is 1. The van der Waals surface area contributed by atoms with Crippen molar-refractivity contribution < 1.29 is 7.65 Å². The molecule has 0 radical (unpaired) electrons. The van der Waals surface area contributed by atoms with E-state index in [0.717, 1.165) is 22.2 Å². The van der Waals surface area contributed by atoms with Crippen LogP contribution in [0.25, 0.3) is 22.2 Å².